The topological polar surface area (TPSA) is 61.7 Å². The van der Waals surface area contributed by atoms with Gasteiger partial charge in [0.15, 0.2) is 0 Å². The SMILES string of the molecule is Cn1ncc(Cl)c1C(N)Cn1cnc2ccccc21. The molecule has 1 unspecified atom stereocenters. The lowest BCUT2D eigenvalue weighted by molar-refractivity contribution is 0.542. The fourth-order valence-electron chi connectivity index (χ4n) is 2.29. The number of imidazole rings is 1. The van der Waals surface area contributed by atoms with Crippen LogP contribution in [0.25, 0.3) is 11.0 Å². The van der Waals surface area contributed by atoms with Crippen LogP contribution in [0.1, 0.15) is 11.7 Å². The van der Waals surface area contributed by atoms with Gasteiger partial charge in [-0.05, 0) is 12.1 Å². The Hall–Kier alpha value is -1.85. The maximum atomic E-state index is 6.23. The summed E-state index contributed by atoms with van der Waals surface area (Å²) in [7, 11) is 1.84. The van der Waals surface area contributed by atoms with E-state index in [1.165, 1.54) is 0 Å². The Morgan fingerprint density at radius 2 is 2.16 bits per heavy atom. The van der Waals surface area contributed by atoms with Crippen molar-refractivity contribution in [2.45, 2.75) is 12.6 Å². The van der Waals surface area contributed by atoms with Crippen LogP contribution in [-0.4, -0.2) is 19.3 Å². The van der Waals surface area contributed by atoms with Crippen LogP contribution in [0.4, 0.5) is 0 Å². The van der Waals surface area contributed by atoms with Crippen LogP contribution >= 0.6 is 11.6 Å². The van der Waals surface area contributed by atoms with Gasteiger partial charge >= 0.3 is 0 Å². The second-order valence-electron chi connectivity index (χ2n) is 4.49. The first-order chi connectivity index (χ1) is 9.16. The largest absolute Gasteiger partial charge is 0.329 e. The summed E-state index contributed by atoms with van der Waals surface area (Å²) in [6.07, 6.45) is 3.41. The zero-order valence-corrected chi connectivity index (χ0v) is 11.2. The molecular weight excluding hydrogens is 262 g/mol. The molecule has 2 aromatic heterocycles. The Labute approximate surface area is 115 Å². The molecule has 3 aromatic rings. The standard InChI is InChI=1S/C13H14ClN5/c1-18-13(9(14)6-17-18)10(15)7-19-8-16-11-4-2-3-5-12(11)19/h2-6,8,10H,7,15H2,1H3. The van der Waals surface area contributed by atoms with Gasteiger partial charge in [-0.2, -0.15) is 5.10 Å². The van der Waals surface area contributed by atoms with Crippen LogP contribution in [0.2, 0.25) is 5.02 Å². The fraction of sp³-hybridized carbons (Fsp3) is 0.231. The highest BCUT2D eigenvalue weighted by atomic mass is 35.5. The number of benzene rings is 1. The molecule has 5 nitrogen and oxygen atoms in total. The summed E-state index contributed by atoms with van der Waals surface area (Å²) in [5, 5.41) is 4.71. The molecular formula is C13H14ClN5. The second-order valence-corrected chi connectivity index (χ2v) is 4.90. The van der Waals surface area contributed by atoms with Crippen LogP contribution in [0, 0.1) is 0 Å². The number of nitrogens with two attached hydrogens (primary N) is 1. The molecule has 3 rings (SSSR count). The van der Waals surface area contributed by atoms with Gasteiger partial charge in [-0.1, -0.05) is 23.7 Å². The zero-order valence-electron chi connectivity index (χ0n) is 10.5. The first kappa shape index (κ1) is 12.2. The van der Waals surface area contributed by atoms with E-state index in [9.17, 15) is 0 Å². The van der Waals surface area contributed by atoms with Crippen LogP contribution in [0.15, 0.2) is 36.8 Å². The number of rotatable bonds is 3. The Morgan fingerprint density at radius 3 is 2.89 bits per heavy atom. The van der Waals surface area contributed by atoms with E-state index in [1.807, 2.05) is 35.9 Å². The molecule has 1 aromatic carbocycles. The third-order valence-corrected chi connectivity index (χ3v) is 3.50. The van der Waals surface area contributed by atoms with Crippen LogP contribution < -0.4 is 5.73 Å². The molecule has 0 radical (unpaired) electrons. The number of para-hydroxylation sites is 2. The van der Waals surface area contributed by atoms with Crippen molar-refractivity contribution in [3.8, 4) is 0 Å². The third kappa shape index (κ3) is 2.11. The van der Waals surface area contributed by atoms with E-state index in [0.717, 1.165) is 16.7 Å². The first-order valence-electron chi connectivity index (χ1n) is 5.99. The molecule has 0 saturated carbocycles. The van der Waals surface area contributed by atoms with E-state index < -0.39 is 0 Å². The zero-order chi connectivity index (χ0) is 13.4. The maximum Gasteiger partial charge on any atom is 0.0958 e. The quantitative estimate of drug-likeness (QED) is 0.796. The van der Waals surface area contributed by atoms with E-state index in [4.69, 9.17) is 17.3 Å². The lowest BCUT2D eigenvalue weighted by atomic mass is 10.2. The molecule has 0 aliphatic rings. The van der Waals surface area contributed by atoms with Crippen LogP contribution in [-0.2, 0) is 13.6 Å². The average molecular weight is 276 g/mol. The van der Waals surface area contributed by atoms with Gasteiger partial charge in [-0.25, -0.2) is 4.98 Å². The molecule has 0 bridgehead atoms. The van der Waals surface area contributed by atoms with E-state index in [1.54, 1.807) is 17.2 Å². The lowest BCUT2D eigenvalue weighted by Crippen LogP contribution is -2.20. The molecule has 0 fully saturated rings. The van der Waals surface area contributed by atoms with Gasteiger partial charge in [0.25, 0.3) is 0 Å². The molecule has 2 N–H and O–H groups in total. The Kier molecular flexibility index (Phi) is 3.00. The molecule has 19 heavy (non-hydrogen) atoms. The highest BCUT2D eigenvalue weighted by molar-refractivity contribution is 6.31. The highest BCUT2D eigenvalue weighted by Gasteiger charge is 2.16. The summed E-state index contributed by atoms with van der Waals surface area (Å²) in [5.41, 5.74) is 9.09. The highest BCUT2D eigenvalue weighted by Crippen LogP contribution is 2.23. The summed E-state index contributed by atoms with van der Waals surface area (Å²) < 4.78 is 3.75. The minimum atomic E-state index is -0.224. The second kappa shape index (κ2) is 4.68. The number of aromatic nitrogens is 4. The van der Waals surface area contributed by atoms with Gasteiger partial charge in [0.1, 0.15) is 0 Å². The van der Waals surface area contributed by atoms with Crippen LogP contribution in [0.3, 0.4) is 0 Å². The summed E-state index contributed by atoms with van der Waals surface area (Å²) in [6, 6.07) is 7.74. The molecule has 1 atom stereocenters. The van der Waals surface area contributed by atoms with E-state index >= 15 is 0 Å². The van der Waals surface area contributed by atoms with Crippen molar-refractivity contribution < 1.29 is 0 Å². The number of halogens is 1. The summed E-state index contributed by atoms with van der Waals surface area (Å²) in [5.74, 6) is 0. The summed E-state index contributed by atoms with van der Waals surface area (Å²) in [4.78, 5) is 4.35. The molecule has 0 saturated heterocycles. The Morgan fingerprint density at radius 1 is 1.37 bits per heavy atom. The minimum absolute atomic E-state index is 0.224. The van der Waals surface area contributed by atoms with Crippen molar-refractivity contribution >= 4 is 22.6 Å². The van der Waals surface area contributed by atoms with Gasteiger partial charge < -0.3 is 10.3 Å². The van der Waals surface area contributed by atoms with Gasteiger partial charge in [0.2, 0.25) is 0 Å². The fourth-order valence-corrected chi connectivity index (χ4v) is 2.60. The Bertz CT molecular complexity index is 695. The molecule has 0 aliphatic carbocycles. The maximum absolute atomic E-state index is 6.23. The molecule has 6 heteroatoms. The van der Waals surface area contributed by atoms with Crippen molar-refractivity contribution in [1.82, 2.24) is 19.3 Å². The van der Waals surface area contributed by atoms with Crippen molar-refractivity contribution in [2.24, 2.45) is 12.8 Å². The summed E-state index contributed by atoms with van der Waals surface area (Å²) >= 11 is 6.11. The van der Waals surface area contributed by atoms with Crippen molar-refractivity contribution in [3.63, 3.8) is 0 Å². The summed E-state index contributed by atoms with van der Waals surface area (Å²) in [6.45, 7) is 0.611. The van der Waals surface area contributed by atoms with E-state index in [-0.39, 0.29) is 6.04 Å². The Balaban J connectivity index is 1.93. The third-order valence-electron chi connectivity index (χ3n) is 3.21. The van der Waals surface area contributed by atoms with Crippen molar-refractivity contribution in [1.29, 1.82) is 0 Å². The molecule has 98 valence electrons. The first-order valence-corrected chi connectivity index (χ1v) is 6.37. The van der Waals surface area contributed by atoms with E-state index in [0.29, 0.717) is 11.6 Å². The molecule has 0 aliphatic heterocycles. The average Bonchev–Trinajstić information content (AvgIpc) is 2.94. The molecule has 0 amide bonds. The van der Waals surface area contributed by atoms with Gasteiger partial charge in [0.05, 0.1) is 40.3 Å². The predicted molar refractivity (Wildman–Crippen MR) is 74.9 cm³/mol. The lowest BCUT2D eigenvalue weighted by Gasteiger charge is -2.14. The predicted octanol–water partition coefficient (Wildman–Crippen LogP) is 2.12. The minimum Gasteiger partial charge on any atom is -0.329 e. The number of hydrogen-bond acceptors (Lipinski definition) is 3. The number of aryl methyl sites for hydroxylation is 1. The van der Waals surface area contributed by atoms with Gasteiger partial charge in [-0.15, -0.1) is 0 Å². The number of nitrogens with zero attached hydrogens (tertiary/aromatic N) is 4. The van der Waals surface area contributed by atoms with Gasteiger partial charge in [-0.3, -0.25) is 4.68 Å². The molecule has 0 spiro atoms. The van der Waals surface area contributed by atoms with E-state index in [2.05, 4.69) is 10.1 Å². The number of fused-ring (bicyclic) bond motifs is 1. The monoisotopic (exact) mass is 275 g/mol. The normalized spacial score (nSPS) is 13.0. The van der Waals surface area contributed by atoms with Gasteiger partial charge in [0, 0.05) is 13.6 Å². The van der Waals surface area contributed by atoms with Crippen molar-refractivity contribution in [3.05, 3.63) is 47.5 Å². The molecule has 2 heterocycles. The number of hydrogen-bond donors (Lipinski definition) is 1. The van der Waals surface area contributed by atoms with Crippen molar-refractivity contribution in [2.75, 3.05) is 0 Å². The smallest absolute Gasteiger partial charge is 0.0958 e. The van der Waals surface area contributed by atoms with Crippen LogP contribution in [0.5, 0.6) is 0 Å².